The van der Waals surface area contributed by atoms with Crippen molar-refractivity contribution in [3.63, 3.8) is 0 Å². The Balaban J connectivity index is 1.92. The second-order valence-corrected chi connectivity index (χ2v) is 8.15. The molecule has 0 bridgehead atoms. The number of hydrogen-bond donors (Lipinski definition) is 2. The zero-order valence-corrected chi connectivity index (χ0v) is 15.9. The first-order valence-electron chi connectivity index (χ1n) is 9.58. The van der Waals surface area contributed by atoms with Crippen LogP contribution in [0.2, 0.25) is 0 Å². The van der Waals surface area contributed by atoms with E-state index in [2.05, 4.69) is 15.1 Å². The van der Waals surface area contributed by atoms with Crippen molar-refractivity contribution in [2.45, 2.75) is 63.3 Å². The summed E-state index contributed by atoms with van der Waals surface area (Å²) in [6.45, 7) is 3.83. The fraction of sp³-hybridized carbons (Fsp3) is 0.526. The Bertz CT molecular complexity index is 1130. The lowest BCUT2D eigenvalue weighted by atomic mass is 9.86. The zero-order chi connectivity index (χ0) is 20.7. The number of hydrogen-bond acceptors (Lipinski definition) is 6. The third-order valence-corrected chi connectivity index (χ3v) is 5.94. The molecular weight excluding hydrogens is 387 g/mol. The van der Waals surface area contributed by atoms with Crippen molar-refractivity contribution < 1.29 is 22.8 Å². The largest absolute Gasteiger partial charge is 0.421 e. The molecule has 3 aromatic rings. The summed E-state index contributed by atoms with van der Waals surface area (Å²) in [6.07, 6.45) is -2.67. The van der Waals surface area contributed by atoms with E-state index < -0.39 is 18.2 Å². The second kappa shape index (κ2) is 5.71. The van der Waals surface area contributed by atoms with E-state index in [0.717, 1.165) is 0 Å². The molecule has 5 rings (SSSR count). The Morgan fingerprint density at radius 2 is 2.03 bits per heavy atom. The molecule has 154 valence electrons. The molecule has 0 spiro atoms. The van der Waals surface area contributed by atoms with Crippen LogP contribution in [-0.2, 0) is 12.0 Å². The SMILES string of the molecule is CC(C)n1c2c(c3c(N)ncnc31)-c1noc(C3CC3)c1C(O)(C(F)(F)F)CC2. The van der Waals surface area contributed by atoms with Crippen molar-refractivity contribution >= 4 is 16.9 Å². The summed E-state index contributed by atoms with van der Waals surface area (Å²) >= 11 is 0. The lowest BCUT2D eigenvalue weighted by Crippen LogP contribution is -2.43. The van der Waals surface area contributed by atoms with Gasteiger partial charge in [-0.1, -0.05) is 5.16 Å². The molecule has 3 heterocycles. The van der Waals surface area contributed by atoms with Crippen LogP contribution in [0.15, 0.2) is 10.9 Å². The van der Waals surface area contributed by atoms with Gasteiger partial charge in [-0.15, -0.1) is 0 Å². The highest BCUT2D eigenvalue weighted by atomic mass is 19.4. The number of nitrogen functional groups attached to an aromatic ring is 1. The Morgan fingerprint density at radius 1 is 1.31 bits per heavy atom. The Labute approximate surface area is 163 Å². The standard InChI is InChI=1S/C19H20F3N5O2/c1-8(2)27-10-5-6-18(28,19(20,21)22)13-14(26-29-15(13)9-3-4-9)11(10)12-16(23)24-7-25-17(12)27/h7-9,28H,3-6H2,1-2H3,(H2,23,24,25). The number of rotatable bonds is 2. The first-order chi connectivity index (χ1) is 13.6. The average Bonchev–Trinajstić information content (AvgIpc) is 3.31. The number of aliphatic hydroxyl groups is 1. The van der Waals surface area contributed by atoms with Gasteiger partial charge in [-0.3, -0.25) is 0 Å². The smallest absolute Gasteiger partial charge is 0.383 e. The van der Waals surface area contributed by atoms with Gasteiger partial charge >= 0.3 is 6.18 Å². The Morgan fingerprint density at radius 3 is 2.66 bits per heavy atom. The van der Waals surface area contributed by atoms with Gasteiger partial charge in [-0.05, 0) is 39.5 Å². The number of nitrogens with two attached hydrogens (primary N) is 1. The predicted molar refractivity (Wildman–Crippen MR) is 98.1 cm³/mol. The van der Waals surface area contributed by atoms with E-state index >= 15 is 0 Å². The van der Waals surface area contributed by atoms with Crippen molar-refractivity contribution in [1.29, 1.82) is 0 Å². The number of aromatic nitrogens is 4. The molecular formula is C19H20F3N5O2. The quantitative estimate of drug-likeness (QED) is 0.669. The van der Waals surface area contributed by atoms with Crippen LogP contribution in [0.3, 0.4) is 0 Å². The zero-order valence-electron chi connectivity index (χ0n) is 15.9. The lowest BCUT2D eigenvalue weighted by molar-refractivity contribution is -0.269. The molecule has 0 aliphatic heterocycles. The van der Waals surface area contributed by atoms with Crippen LogP contribution >= 0.6 is 0 Å². The fourth-order valence-corrected chi connectivity index (χ4v) is 4.47. The van der Waals surface area contributed by atoms with E-state index in [4.69, 9.17) is 10.3 Å². The predicted octanol–water partition coefficient (Wildman–Crippen LogP) is 3.82. The molecule has 29 heavy (non-hydrogen) atoms. The highest BCUT2D eigenvalue weighted by molar-refractivity contribution is 6.02. The topological polar surface area (TPSA) is 103 Å². The van der Waals surface area contributed by atoms with Crippen molar-refractivity contribution in [3.05, 3.63) is 23.3 Å². The molecule has 0 saturated heterocycles. The molecule has 2 aliphatic rings. The molecule has 0 aromatic carbocycles. The van der Waals surface area contributed by atoms with Crippen LogP contribution in [0, 0.1) is 0 Å². The number of nitrogens with zero attached hydrogens (tertiary/aromatic N) is 4. The minimum atomic E-state index is -4.87. The van der Waals surface area contributed by atoms with Gasteiger partial charge in [0.2, 0.25) is 0 Å². The van der Waals surface area contributed by atoms with Gasteiger partial charge in [0, 0.05) is 23.2 Å². The van der Waals surface area contributed by atoms with Crippen LogP contribution < -0.4 is 5.73 Å². The molecule has 3 aromatic heterocycles. The van der Waals surface area contributed by atoms with E-state index in [1.165, 1.54) is 6.33 Å². The van der Waals surface area contributed by atoms with E-state index in [-0.39, 0.29) is 41.2 Å². The van der Waals surface area contributed by atoms with Crippen LogP contribution in [0.4, 0.5) is 19.0 Å². The molecule has 7 nitrogen and oxygen atoms in total. The Hall–Kier alpha value is -2.62. The van der Waals surface area contributed by atoms with E-state index in [0.29, 0.717) is 35.1 Å². The summed E-state index contributed by atoms with van der Waals surface area (Å²) in [7, 11) is 0. The third kappa shape index (κ3) is 2.38. The van der Waals surface area contributed by atoms with Crippen LogP contribution in [0.1, 0.15) is 62.1 Å². The molecule has 1 saturated carbocycles. The minimum absolute atomic E-state index is 0.00914. The van der Waals surface area contributed by atoms with Gasteiger partial charge in [0.1, 0.15) is 29.2 Å². The minimum Gasteiger partial charge on any atom is -0.383 e. The van der Waals surface area contributed by atoms with Crippen molar-refractivity contribution in [1.82, 2.24) is 19.7 Å². The van der Waals surface area contributed by atoms with Gasteiger partial charge in [-0.2, -0.15) is 13.2 Å². The average molecular weight is 407 g/mol. The molecule has 1 atom stereocenters. The van der Waals surface area contributed by atoms with Gasteiger partial charge in [0.15, 0.2) is 5.60 Å². The molecule has 3 N–H and O–H groups in total. The van der Waals surface area contributed by atoms with Gasteiger partial charge < -0.3 is 19.9 Å². The number of alkyl halides is 3. The summed E-state index contributed by atoms with van der Waals surface area (Å²) in [5.74, 6) is 0.118. The summed E-state index contributed by atoms with van der Waals surface area (Å²) in [4.78, 5) is 8.38. The summed E-state index contributed by atoms with van der Waals surface area (Å²) in [6, 6.07) is -0.0918. The maximum atomic E-state index is 14.1. The first-order valence-corrected chi connectivity index (χ1v) is 9.58. The number of halogens is 3. The van der Waals surface area contributed by atoms with Crippen LogP contribution in [0.5, 0.6) is 0 Å². The number of fused-ring (bicyclic) bond motifs is 5. The highest BCUT2D eigenvalue weighted by Crippen LogP contribution is 2.56. The maximum Gasteiger partial charge on any atom is 0.421 e. The fourth-order valence-electron chi connectivity index (χ4n) is 4.47. The van der Waals surface area contributed by atoms with Gasteiger partial charge in [-0.25, -0.2) is 9.97 Å². The van der Waals surface area contributed by atoms with Crippen molar-refractivity contribution in [2.75, 3.05) is 5.73 Å². The highest BCUT2D eigenvalue weighted by Gasteiger charge is 2.60. The Kier molecular flexibility index (Phi) is 3.63. The lowest BCUT2D eigenvalue weighted by Gasteiger charge is -2.30. The van der Waals surface area contributed by atoms with E-state index in [9.17, 15) is 18.3 Å². The summed E-state index contributed by atoms with van der Waals surface area (Å²) < 4.78 is 49.6. The van der Waals surface area contributed by atoms with Crippen LogP contribution in [0.25, 0.3) is 22.3 Å². The van der Waals surface area contributed by atoms with E-state index in [1.807, 2.05) is 18.4 Å². The van der Waals surface area contributed by atoms with Crippen molar-refractivity contribution in [3.8, 4) is 11.3 Å². The van der Waals surface area contributed by atoms with E-state index in [1.54, 1.807) is 0 Å². The maximum absolute atomic E-state index is 14.1. The normalized spacial score (nSPS) is 22.0. The number of anilines is 1. The first kappa shape index (κ1) is 18.4. The molecule has 2 aliphatic carbocycles. The molecule has 0 radical (unpaired) electrons. The van der Waals surface area contributed by atoms with Gasteiger partial charge in [0.25, 0.3) is 0 Å². The summed E-state index contributed by atoms with van der Waals surface area (Å²) in [5.41, 5.74) is 4.36. The van der Waals surface area contributed by atoms with Crippen molar-refractivity contribution in [2.24, 2.45) is 0 Å². The van der Waals surface area contributed by atoms with Gasteiger partial charge in [0.05, 0.1) is 10.9 Å². The third-order valence-electron chi connectivity index (χ3n) is 5.94. The molecule has 0 amide bonds. The molecule has 1 unspecified atom stereocenters. The van der Waals surface area contributed by atoms with Crippen LogP contribution in [-0.4, -0.2) is 31.0 Å². The molecule has 10 heteroatoms. The second-order valence-electron chi connectivity index (χ2n) is 8.15. The summed E-state index contributed by atoms with van der Waals surface area (Å²) in [5, 5.41) is 15.4. The molecule has 1 fully saturated rings. The monoisotopic (exact) mass is 407 g/mol.